The average molecular weight is 635 g/mol. The van der Waals surface area contributed by atoms with Gasteiger partial charge in [0, 0.05) is 22.6 Å². The zero-order valence-corrected chi connectivity index (χ0v) is 27.8. The molecule has 0 fully saturated rings. The molecule has 0 radical (unpaired) electrons. The van der Waals surface area contributed by atoms with Crippen molar-refractivity contribution in [2.75, 3.05) is 4.90 Å². The van der Waals surface area contributed by atoms with Crippen LogP contribution in [0.5, 0.6) is 0 Å². The van der Waals surface area contributed by atoms with E-state index in [1.807, 2.05) is 30.3 Å². The number of benzene rings is 7. The van der Waals surface area contributed by atoms with Gasteiger partial charge in [-0.15, -0.1) is 0 Å². The van der Waals surface area contributed by atoms with Crippen LogP contribution in [-0.2, 0) is 11.3 Å². The van der Waals surface area contributed by atoms with Crippen molar-refractivity contribution >= 4 is 23.0 Å². The first-order valence-electron chi connectivity index (χ1n) is 16.6. The third kappa shape index (κ3) is 7.07. The van der Waals surface area contributed by atoms with Crippen molar-refractivity contribution in [3.05, 3.63) is 198 Å². The molecule has 0 aliphatic heterocycles. The Kier molecular flexibility index (Phi) is 9.16. The van der Waals surface area contributed by atoms with E-state index in [9.17, 15) is 0 Å². The standard InChI is InChI=1S/C46H38N2O/c1-33-12-10-16-40(30-33)48(41-17-11-13-34(2)31-41)39-28-26-37(27-29-39)43-19-7-9-21-45(43)44-20-8-6-18-42(44)36-24-22-35(23-25-36)32-49-46(47)38-14-4-3-5-15-38/h3-31,47H,32H2,1-2H3. The largest absolute Gasteiger partial charge is 0.473 e. The lowest BCUT2D eigenvalue weighted by Gasteiger charge is -2.26. The Morgan fingerprint density at radius 3 is 1.45 bits per heavy atom. The van der Waals surface area contributed by atoms with Crippen LogP contribution in [-0.4, -0.2) is 5.90 Å². The Labute approximate surface area is 289 Å². The van der Waals surface area contributed by atoms with E-state index in [0.29, 0.717) is 6.61 Å². The predicted octanol–water partition coefficient (Wildman–Crippen LogP) is 12.3. The number of ether oxygens (including phenoxy) is 1. The van der Waals surface area contributed by atoms with E-state index in [4.69, 9.17) is 10.1 Å². The third-order valence-electron chi connectivity index (χ3n) is 8.78. The summed E-state index contributed by atoms with van der Waals surface area (Å²) in [6.07, 6.45) is 0. The number of hydrogen-bond acceptors (Lipinski definition) is 3. The summed E-state index contributed by atoms with van der Waals surface area (Å²) in [4.78, 5) is 2.32. The van der Waals surface area contributed by atoms with Crippen molar-refractivity contribution in [1.82, 2.24) is 0 Å². The summed E-state index contributed by atoms with van der Waals surface area (Å²) in [6.45, 7) is 4.62. The van der Waals surface area contributed by atoms with Crippen LogP contribution in [0.4, 0.5) is 17.1 Å². The second kappa shape index (κ2) is 14.3. The van der Waals surface area contributed by atoms with Gasteiger partial charge < -0.3 is 9.64 Å². The summed E-state index contributed by atoms with van der Waals surface area (Å²) < 4.78 is 5.78. The Bertz CT molecular complexity index is 2160. The fraction of sp³-hybridized carbons (Fsp3) is 0.0652. The summed E-state index contributed by atoms with van der Waals surface area (Å²) in [7, 11) is 0. The van der Waals surface area contributed by atoms with Crippen molar-refractivity contribution in [1.29, 1.82) is 5.41 Å². The first kappa shape index (κ1) is 31.4. The van der Waals surface area contributed by atoms with Gasteiger partial charge in [-0.25, -0.2) is 0 Å². The van der Waals surface area contributed by atoms with E-state index >= 15 is 0 Å². The highest BCUT2D eigenvalue weighted by molar-refractivity contribution is 5.93. The molecule has 238 valence electrons. The van der Waals surface area contributed by atoms with Crippen LogP contribution in [0, 0.1) is 19.3 Å². The molecule has 7 aromatic rings. The molecule has 0 amide bonds. The normalized spacial score (nSPS) is 10.8. The molecule has 49 heavy (non-hydrogen) atoms. The van der Waals surface area contributed by atoms with Gasteiger partial charge in [-0.2, -0.15) is 0 Å². The van der Waals surface area contributed by atoms with Gasteiger partial charge in [0.15, 0.2) is 0 Å². The van der Waals surface area contributed by atoms with Crippen LogP contribution in [0.2, 0.25) is 0 Å². The smallest absolute Gasteiger partial charge is 0.213 e. The Morgan fingerprint density at radius 2 is 0.939 bits per heavy atom. The molecule has 7 aromatic carbocycles. The number of aryl methyl sites for hydroxylation is 2. The van der Waals surface area contributed by atoms with Crippen LogP contribution >= 0.6 is 0 Å². The number of rotatable bonds is 9. The number of anilines is 3. The highest BCUT2D eigenvalue weighted by atomic mass is 16.5. The topological polar surface area (TPSA) is 36.3 Å². The van der Waals surface area contributed by atoms with Crippen LogP contribution in [0.3, 0.4) is 0 Å². The van der Waals surface area contributed by atoms with Gasteiger partial charge in [0.2, 0.25) is 5.90 Å². The third-order valence-corrected chi connectivity index (χ3v) is 8.78. The van der Waals surface area contributed by atoms with Crippen molar-refractivity contribution in [3.8, 4) is 33.4 Å². The second-order valence-corrected chi connectivity index (χ2v) is 12.3. The maximum atomic E-state index is 8.27. The molecule has 3 heteroatoms. The molecule has 0 aliphatic carbocycles. The van der Waals surface area contributed by atoms with Crippen LogP contribution in [0.1, 0.15) is 22.3 Å². The molecule has 7 rings (SSSR count). The molecule has 0 atom stereocenters. The minimum absolute atomic E-state index is 0.178. The van der Waals surface area contributed by atoms with Crippen molar-refractivity contribution < 1.29 is 4.74 Å². The molecule has 0 saturated heterocycles. The number of nitrogens with one attached hydrogen (secondary N) is 1. The molecular formula is C46H38N2O. The highest BCUT2D eigenvalue weighted by Gasteiger charge is 2.16. The van der Waals surface area contributed by atoms with E-state index in [1.54, 1.807) is 0 Å². The average Bonchev–Trinajstić information content (AvgIpc) is 3.15. The van der Waals surface area contributed by atoms with E-state index < -0.39 is 0 Å². The van der Waals surface area contributed by atoms with Gasteiger partial charge in [-0.3, -0.25) is 5.41 Å². The summed E-state index contributed by atoms with van der Waals surface area (Å²) in [5, 5.41) is 8.27. The van der Waals surface area contributed by atoms with Gasteiger partial charge in [-0.1, -0.05) is 127 Å². The summed E-state index contributed by atoms with van der Waals surface area (Å²) in [6, 6.07) is 61.5. The lowest BCUT2D eigenvalue weighted by Crippen LogP contribution is -2.10. The molecule has 0 unspecified atom stereocenters. The quantitative estimate of drug-likeness (QED) is 0.127. The van der Waals surface area contributed by atoms with Crippen LogP contribution in [0.15, 0.2) is 176 Å². The van der Waals surface area contributed by atoms with Gasteiger partial charge in [0.25, 0.3) is 0 Å². The minimum atomic E-state index is 0.178. The van der Waals surface area contributed by atoms with Gasteiger partial charge in [0.05, 0.1) is 0 Å². The Hall–Kier alpha value is -6.19. The number of nitrogens with zero attached hydrogens (tertiary/aromatic N) is 1. The first-order chi connectivity index (χ1) is 24.0. The van der Waals surface area contributed by atoms with Crippen molar-refractivity contribution in [3.63, 3.8) is 0 Å². The molecule has 0 aromatic heterocycles. The van der Waals surface area contributed by atoms with Crippen molar-refractivity contribution in [2.45, 2.75) is 20.5 Å². The summed E-state index contributed by atoms with van der Waals surface area (Å²) >= 11 is 0. The predicted molar refractivity (Wildman–Crippen MR) is 205 cm³/mol. The molecule has 0 aliphatic rings. The molecule has 0 saturated carbocycles. The Balaban J connectivity index is 1.18. The maximum Gasteiger partial charge on any atom is 0.213 e. The zero-order chi connectivity index (χ0) is 33.6. The summed E-state index contributed by atoms with van der Waals surface area (Å²) in [5.41, 5.74) is 14.7. The SMILES string of the molecule is Cc1cccc(N(c2ccc(-c3ccccc3-c3ccccc3-c3ccc(COC(=N)c4ccccc4)cc3)cc2)c2cccc(C)c2)c1. The van der Waals surface area contributed by atoms with E-state index in [0.717, 1.165) is 39.3 Å². The molecule has 0 spiro atoms. The zero-order valence-electron chi connectivity index (χ0n) is 27.8. The van der Waals surface area contributed by atoms with Gasteiger partial charge in [0.1, 0.15) is 6.61 Å². The molecule has 0 bridgehead atoms. The molecular weight excluding hydrogens is 597 g/mol. The van der Waals surface area contributed by atoms with Crippen LogP contribution in [0.25, 0.3) is 33.4 Å². The van der Waals surface area contributed by atoms with E-state index in [1.165, 1.54) is 33.4 Å². The number of hydrogen-bond donors (Lipinski definition) is 1. The molecule has 0 heterocycles. The Morgan fingerprint density at radius 1 is 0.469 bits per heavy atom. The minimum Gasteiger partial charge on any atom is -0.473 e. The fourth-order valence-electron chi connectivity index (χ4n) is 6.32. The second-order valence-electron chi connectivity index (χ2n) is 12.3. The molecule has 3 nitrogen and oxygen atoms in total. The van der Waals surface area contributed by atoms with Gasteiger partial charge >= 0.3 is 0 Å². The molecule has 1 N–H and O–H groups in total. The van der Waals surface area contributed by atoms with Gasteiger partial charge in [-0.05, 0) is 112 Å². The summed E-state index contributed by atoms with van der Waals surface area (Å²) in [5.74, 6) is 0.178. The highest BCUT2D eigenvalue weighted by Crippen LogP contribution is 2.40. The maximum absolute atomic E-state index is 8.27. The first-order valence-corrected chi connectivity index (χ1v) is 16.6. The van der Waals surface area contributed by atoms with Crippen LogP contribution < -0.4 is 4.90 Å². The van der Waals surface area contributed by atoms with E-state index in [2.05, 4.69) is 164 Å². The monoisotopic (exact) mass is 634 g/mol. The lowest BCUT2D eigenvalue weighted by atomic mass is 9.89. The van der Waals surface area contributed by atoms with E-state index in [-0.39, 0.29) is 5.90 Å². The fourth-order valence-corrected chi connectivity index (χ4v) is 6.32. The lowest BCUT2D eigenvalue weighted by molar-refractivity contribution is 0.291. The van der Waals surface area contributed by atoms with Crippen molar-refractivity contribution in [2.24, 2.45) is 0 Å².